The third kappa shape index (κ3) is 2.12. The SMILES string of the molecule is CC(C)C1NCC(C2CC2)CC1CO. The van der Waals surface area contributed by atoms with E-state index in [0.717, 1.165) is 11.8 Å². The minimum atomic E-state index is 0.360. The minimum Gasteiger partial charge on any atom is -0.396 e. The molecule has 0 radical (unpaired) electrons. The van der Waals surface area contributed by atoms with Crippen LogP contribution in [0.4, 0.5) is 0 Å². The minimum absolute atomic E-state index is 0.360. The highest BCUT2D eigenvalue weighted by Gasteiger charge is 2.38. The van der Waals surface area contributed by atoms with Crippen molar-refractivity contribution in [1.82, 2.24) is 5.32 Å². The first-order valence-corrected chi connectivity index (χ1v) is 6.06. The molecule has 1 saturated heterocycles. The predicted molar refractivity (Wildman–Crippen MR) is 58.0 cm³/mol. The molecular formula is C12H23NO. The lowest BCUT2D eigenvalue weighted by Gasteiger charge is -2.38. The molecule has 2 heteroatoms. The van der Waals surface area contributed by atoms with Crippen molar-refractivity contribution in [1.29, 1.82) is 0 Å². The van der Waals surface area contributed by atoms with E-state index >= 15 is 0 Å². The molecule has 2 fully saturated rings. The van der Waals surface area contributed by atoms with Crippen LogP contribution in [0.1, 0.15) is 33.1 Å². The molecule has 82 valence electrons. The monoisotopic (exact) mass is 197 g/mol. The lowest BCUT2D eigenvalue weighted by molar-refractivity contribution is 0.103. The van der Waals surface area contributed by atoms with Crippen LogP contribution in [0.15, 0.2) is 0 Å². The predicted octanol–water partition coefficient (Wildman–Crippen LogP) is 1.64. The van der Waals surface area contributed by atoms with Crippen LogP contribution in [0.25, 0.3) is 0 Å². The fraction of sp³-hybridized carbons (Fsp3) is 1.00. The molecule has 0 amide bonds. The normalized spacial score (nSPS) is 39.0. The molecule has 2 N–H and O–H groups in total. The molecule has 2 nitrogen and oxygen atoms in total. The van der Waals surface area contributed by atoms with E-state index in [1.54, 1.807) is 0 Å². The molecule has 2 rings (SSSR count). The van der Waals surface area contributed by atoms with Gasteiger partial charge in [-0.3, -0.25) is 0 Å². The summed E-state index contributed by atoms with van der Waals surface area (Å²) in [6, 6.07) is 0.537. The standard InChI is InChI=1S/C12H23NO/c1-8(2)12-11(7-14)5-10(6-13-12)9-3-4-9/h8-14H,3-7H2,1-2H3. The first kappa shape index (κ1) is 10.4. The van der Waals surface area contributed by atoms with Crippen LogP contribution in [0.2, 0.25) is 0 Å². The Balaban J connectivity index is 1.91. The van der Waals surface area contributed by atoms with Gasteiger partial charge in [0.15, 0.2) is 0 Å². The molecule has 0 spiro atoms. The summed E-state index contributed by atoms with van der Waals surface area (Å²) in [5.74, 6) is 2.97. The Morgan fingerprint density at radius 3 is 2.50 bits per heavy atom. The Hall–Kier alpha value is -0.0800. The summed E-state index contributed by atoms with van der Waals surface area (Å²) in [6.07, 6.45) is 4.10. The quantitative estimate of drug-likeness (QED) is 0.721. The number of rotatable bonds is 3. The Kier molecular flexibility index (Phi) is 3.13. The van der Waals surface area contributed by atoms with E-state index in [4.69, 9.17) is 0 Å². The highest BCUT2D eigenvalue weighted by molar-refractivity contribution is 4.92. The summed E-state index contributed by atoms with van der Waals surface area (Å²) in [7, 11) is 0. The van der Waals surface area contributed by atoms with Gasteiger partial charge in [-0.2, -0.15) is 0 Å². The maximum atomic E-state index is 9.39. The number of nitrogens with one attached hydrogen (secondary N) is 1. The van der Waals surface area contributed by atoms with Gasteiger partial charge in [-0.25, -0.2) is 0 Å². The molecule has 0 aromatic rings. The maximum Gasteiger partial charge on any atom is 0.0474 e. The molecule has 0 bridgehead atoms. The number of hydrogen-bond acceptors (Lipinski definition) is 2. The zero-order valence-electron chi connectivity index (χ0n) is 9.37. The second-order valence-electron chi connectivity index (χ2n) is 5.45. The number of aliphatic hydroxyl groups excluding tert-OH is 1. The molecule has 2 aliphatic rings. The van der Waals surface area contributed by atoms with Crippen LogP contribution < -0.4 is 5.32 Å². The topological polar surface area (TPSA) is 32.3 Å². The van der Waals surface area contributed by atoms with Crippen molar-refractivity contribution in [2.75, 3.05) is 13.2 Å². The smallest absolute Gasteiger partial charge is 0.0474 e. The van der Waals surface area contributed by atoms with E-state index in [1.165, 1.54) is 25.8 Å². The van der Waals surface area contributed by atoms with Crippen molar-refractivity contribution >= 4 is 0 Å². The fourth-order valence-corrected chi connectivity index (χ4v) is 2.97. The van der Waals surface area contributed by atoms with Gasteiger partial charge in [0, 0.05) is 12.6 Å². The van der Waals surface area contributed by atoms with Crippen LogP contribution in [0.5, 0.6) is 0 Å². The van der Waals surface area contributed by atoms with Gasteiger partial charge in [0.05, 0.1) is 0 Å². The molecule has 3 atom stereocenters. The molecule has 1 aliphatic heterocycles. The van der Waals surface area contributed by atoms with Gasteiger partial charge in [0.1, 0.15) is 0 Å². The third-order valence-electron chi connectivity index (χ3n) is 3.97. The Morgan fingerprint density at radius 2 is 2.00 bits per heavy atom. The van der Waals surface area contributed by atoms with Crippen LogP contribution >= 0.6 is 0 Å². The van der Waals surface area contributed by atoms with E-state index in [1.807, 2.05) is 0 Å². The van der Waals surface area contributed by atoms with Gasteiger partial charge in [0.25, 0.3) is 0 Å². The van der Waals surface area contributed by atoms with E-state index in [2.05, 4.69) is 19.2 Å². The van der Waals surface area contributed by atoms with Gasteiger partial charge >= 0.3 is 0 Å². The first-order chi connectivity index (χ1) is 6.72. The van der Waals surface area contributed by atoms with E-state index < -0.39 is 0 Å². The molecule has 3 unspecified atom stereocenters. The molecule has 1 saturated carbocycles. The highest BCUT2D eigenvalue weighted by Crippen LogP contribution is 2.42. The Labute approximate surface area is 87.1 Å². The number of hydrogen-bond donors (Lipinski definition) is 2. The summed E-state index contributed by atoms with van der Waals surface area (Å²) < 4.78 is 0. The highest BCUT2D eigenvalue weighted by atomic mass is 16.3. The Bertz CT molecular complexity index is 189. The summed E-state index contributed by atoms with van der Waals surface area (Å²) in [5.41, 5.74) is 0. The zero-order chi connectivity index (χ0) is 10.1. The van der Waals surface area contributed by atoms with Crippen molar-refractivity contribution in [2.24, 2.45) is 23.7 Å². The van der Waals surface area contributed by atoms with Crippen LogP contribution in [0.3, 0.4) is 0 Å². The molecular weight excluding hydrogens is 174 g/mol. The zero-order valence-corrected chi connectivity index (χ0v) is 9.37. The van der Waals surface area contributed by atoms with Crippen molar-refractivity contribution < 1.29 is 5.11 Å². The maximum absolute atomic E-state index is 9.39. The lowest BCUT2D eigenvalue weighted by atomic mass is 9.79. The summed E-state index contributed by atoms with van der Waals surface area (Å²) >= 11 is 0. The summed E-state index contributed by atoms with van der Waals surface area (Å²) in [4.78, 5) is 0. The molecule has 1 heterocycles. The van der Waals surface area contributed by atoms with Gasteiger partial charge in [-0.1, -0.05) is 13.8 Å². The van der Waals surface area contributed by atoms with Gasteiger partial charge in [0.2, 0.25) is 0 Å². The van der Waals surface area contributed by atoms with E-state index in [9.17, 15) is 5.11 Å². The first-order valence-electron chi connectivity index (χ1n) is 6.06. The third-order valence-corrected chi connectivity index (χ3v) is 3.97. The van der Waals surface area contributed by atoms with Crippen molar-refractivity contribution in [2.45, 2.75) is 39.2 Å². The number of aliphatic hydroxyl groups is 1. The van der Waals surface area contributed by atoms with Gasteiger partial charge in [-0.15, -0.1) is 0 Å². The Morgan fingerprint density at radius 1 is 1.29 bits per heavy atom. The average Bonchev–Trinajstić information content (AvgIpc) is 3.00. The van der Waals surface area contributed by atoms with Crippen LogP contribution in [-0.4, -0.2) is 24.3 Å². The van der Waals surface area contributed by atoms with Crippen molar-refractivity contribution in [3.8, 4) is 0 Å². The largest absolute Gasteiger partial charge is 0.396 e. The summed E-state index contributed by atoms with van der Waals surface area (Å²) in [5, 5.41) is 13.0. The van der Waals surface area contributed by atoms with Gasteiger partial charge < -0.3 is 10.4 Å². The van der Waals surface area contributed by atoms with Crippen molar-refractivity contribution in [3.05, 3.63) is 0 Å². The molecule has 14 heavy (non-hydrogen) atoms. The van der Waals surface area contributed by atoms with Crippen LogP contribution in [0, 0.1) is 23.7 Å². The molecule has 1 aliphatic carbocycles. The van der Waals surface area contributed by atoms with E-state index in [0.29, 0.717) is 24.5 Å². The molecule has 0 aromatic heterocycles. The second-order valence-corrected chi connectivity index (χ2v) is 5.45. The molecule has 0 aromatic carbocycles. The fourth-order valence-electron chi connectivity index (χ4n) is 2.97. The van der Waals surface area contributed by atoms with Crippen molar-refractivity contribution in [3.63, 3.8) is 0 Å². The average molecular weight is 197 g/mol. The van der Waals surface area contributed by atoms with Gasteiger partial charge in [-0.05, 0) is 49.5 Å². The second kappa shape index (κ2) is 4.19. The van der Waals surface area contributed by atoms with Crippen LogP contribution in [-0.2, 0) is 0 Å². The number of piperidine rings is 1. The lowest BCUT2D eigenvalue weighted by Crippen LogP contribution is -2.49. The van der Waals surface area contributed by atoms with E-state index in [-0.39, 0.29) is 0 Å². The summed E-state index contributed by atoms with van der Waals surface area (Å²) in [6.45, 7) is 6.04.